The highest BCUT2D eigenvalue weighted by Crippen LogP contribution is 2.24. The molecule has 0 unspecified atom stereocenters. The number of imidazole rings is 1. The zero-order valence-electron chi connectivity index (χ0n) is 11.7. The number of ether oxygens (including phenoxy) is 1. The predicted molar refractivity (Wildman–Crippen MR) is 81.2 cm³/mol. The molecule has 2 heterocycles. The first kappa shape index (κ1) is 12.9. The second-order valence-corrected chi connectivity index (χ2v) is 4.98. The largest absolute Gasteiger partial charge is 0.497 e. The Labute approximate surface area is 121 Å². The summed E-state index contributed by atoms with van der Waals surface area (Å²) in [7, 11) is 3.59. The lowest BCUT2D eigenvalue weighted by Gasteiger charge is -2.06. The number of benzene rings is 1. The summed E-state index contributed by atoms with van der Waals surface area (Å²) in [5, 5.41) is 4.53. The van der Waals surface area contributed by atoms with E-state index in [2.05, 4.69) is 17.0 Å². The number of rotatable bonds is 3. The average molecular weight is 288 g/mol. The summed E-state index contributed by atoms with van der Waals surface area (Å²) in [5.74, 6) is 0.802. The van der Waals surface area contributed by atoms with Crippen molar-refractivity contribution >= 4 is 23.4 Å². The molecule has 6 heteroatoms. The summed E-state index contributed by atoms with van der Waals surface area (Å²) in [5.41, 5.74) is 3.96. The molecule has 3 aromatic rings. The minimum absolute atomic E-state index is 0.663. The van der Waals surface area contributed by atoms with E-state index in [9.17, 15) is 0 Å². The van der Waals surface area contributed by atoms with Crippen LogP contribution in [0.4, 0.5) is 0 Å². The highest BCUT2D eigenvalue weighted by atomic mass is 32.1. The Morgan fingerprint density at radius 2 is 2.20 bits per heavy atom. The molecule has 0 fully saturated rings. The van der Waals surface area contributed by atoms with Crippen molar-refractivity contribution in [2.45, 2.75) is 13.3 Å². The molecule has 0 aliphatic carbocycles. The van der Waals surface area contributed by atoms with Gasteiger partial charge in [-0.1, -0.05) is 13.0 Å². The fourth-order valence-electron chi connectivity index (χ4n) is 2.45. The van der Waals surface area contributed by atoms with Crippen LogP contribution >= 0.6 is 12.2 Å². The van der Waals surface area contributed by atoms with Crippen LogP contribution in [0.3, 0.4) is 0 Å². The van der Waals surface area contributed by atoms with Gasteiger partial charge in [0.2, 0.25) is 0 Å². The minimum Gasteiger partial charge on any atom is -0.497 e. The van der Waals surface area contributed by atoms with Gasteiger partial charge in [-0.15, -0.1) is 0 Å². The number of aromatic nitrogens is 4. The first-order chi connectivity index (χ1) is 9.65. The van der Waals surface area contributed by atoms with E-state index < -0.39 is 0 Å². The Hall–Kier alpha value is -2.08. The zero-order chi connectivity index (χ0) is 14.3. The van der Waals surface area contributed by atoms with Gasteiger partial charge in [0, 0.05) is 13.1 Å². The summed E-state index contributed by atoms with van der Waals surface area (Å²) in [6.07, 6.45) is 0.866. The third-order valence-corrected chi connectivity index (χ3v) is 3.67. The molecule has 0 bridgehead atoms. The standard InChI is InChI=1S/C14H16N4OS/c1-4-11-12-13(17(2)16-11)18(14(20)15-12)9-6-5-7-10(8-9)19-3/h5-8H,4H2,1-3H3,(H,15,20). The molecule has 0 aliphatic heterocycles. The number of nitrogens with zero attached hydrogens (tertiary/aromatic N) is 3. The lowest BCUT2D eigenvalue weighted by Crippen LogP contribution is -2.01. The lowest BCUT2D eigenvalue weighted by molar-refractivity contribution is 0.414. The molecule has 2 aromatic heterocycles. The molecule has 0 amide bonds. The van der Waals surface area contributed by atoms with E-state index >= 15 is 0 Å². The van der Waals surface area contributed by atoms with E-state index in [1.54, 1.807) is 7.11 Å². The number of hydrogen-bond acceptors (Lipinski definition) is 3. The Bertz CT molecular complexity index is 827. The molecule has 0 aliphatic rings. The van der Waals surface area contributed by atoms with Gasteiger partial charge in [0.25, 0.3) is 0 Å². The Morgan fingerprint density at radius 3 is 2.90 bits per heavy atom. The second-order valence-electron chi connectivity index (χ2n) is 4.59. The minimum atomic E-state index is 0.663. The molecule has 0 saturated heterocycles. The molecule has 1 N–H and O–H groups in total. The average Bonchev–Trinajstić information content (AvgIpc) is 2.95. The predicted octanol–water partition coefficient (Wildman–Crippen LogP) is 2.99. The Kier molecular flexibility index (Phi) is 3.10. The molecule has 20 heavy (non-hydrogen) atoms. The van der Waals surface area contributed by atoms with Crippen LogP contribution in [-0.4, -0.2) is 26.4 Å². The van der Waals surface area contributed by atoms with Crippen molar-refractivity contribution in [3.05, 3.63) is 34.7 Å². The van der Waals surface area contributed by atoms with Gasteiger partial charge in [-0.3, -0.25) is 4.57 Å². The Morgan fingerprint density at radius 1 is 1.40 bits per heavy atom. The molecule has 0 spiro atoms. The van der Waals surface area contributed by atoms with Crippen LogP contribution in [0.25, 0.3) is 16.9 Å². The third-order valence-electron chi connectivity index (χ3n) is 3.38. The molecule has 1 aromatic carbocycles. The monoisotopic (exact) mass is 288 g/mol. The molecule has 0 saturated carbocycles. The maximum absolute atomic E-state index is 5.46. The van der Waals surface area contributed by atoms with Gasteiger partial charge >= 0.3 is 0 Å². The molecule has 0 atom stereocenters. The van der Waals surface area contributed by atoms with Crippen molar-refractivity contribution in [3.8, 4) is 11.4 Å². The smallest absolute Gasteiger partial charge is 0.184 e. The number of nitrogens with one attached hydrogen (secondary N) is 1. The van der Waals surface area contributed by atoms with Crippen LogP contribution in [0.1, 0.15) is 12.6 Å². The number of hydrogen-bond donors (Lipinski definition) is 1. The highest BCUT2D eigenvalue weighted by Gasteiger charge is 2.15. The van der Waals surface area contributed by atoms with E-state index in [1.807, 2.05) is 40.6 Å². The van der Waals surface area contributed by atoms with Crippen molar-refractivity contribution in [1.82, 2.24) is 19.3 Å². The fraction of sp³-hybridized carbons (Fsp3) is 0.286. The zero-order valence-corrected chi connectivity index (χ0v) is 12.5. The lowest BCUT2D eigenvalue weighted by atomic mass is 10.3. The van der Waals surface area contributed by atoms with E-state index in [0.717, 1.165) is 34.7 Å². The maximum Gasteiger partial charge on any atom is 0.184 e. The SMILES string of the molecule is CCc1nn(C)c2c1[nH]c(=S)n2-c1cccc(OC)c1. The quantitative estimate of drug-likeness (QED) is 0.754. The van der Waals surface area contributed by atoms with Crippen molar-refractivity contribution in [2.24, 2.45) is 7.05 Å². The van der Waals surface area contributed by atoms with Gasteiger partial charge in [0.15, 0.2) is 10.4 Å². The van der Waals surface area contributed by atoms with Gasteiger partial charge in [-0.05, 0) is 30.8 Å². The summed E-state index contributed by atoms with van der Waals surface area (Å²) >= 11 is 5.46. The van der Waals surface area contributed by atoms with Crippen LogP contribution in [0.5, 0.6) is 5.75 Å². The Balaban J connectivity index is 2.33. The van der Waals surface area contributed by atoms with Gasteiger partial charge < -0.3 is 9.72 Å². The summed E-state index contributed by atoms with van der Waals surface area (Å²) in [6, 6.07) is 7.83. The van der Waals surface area contributed by atoms with Crippen molar-refractivity contribution in [2.75, 3.05) is 7.11 Å². The molecule has 5 nitrogen and oxygen atoms in total. The molecule has 0 radical (unpaired) electrons. The van der Waals surface area contributed by atoms with E-state index in [4.69, 9.17) is 17.0 Å². The van der Waals surface area contributed by atoms with Gasteiger partial charge in [0.1, 0.15) is 11.3 Å². The number of methoxy groups -OCH3 is 1. The number of aryl methyl sites for hydroxylation is 2. The van der Waals surface area contributed by atoms with Crippen molar-refractivity contribution < 1.29 is 4.74 Å². The van der Waals surface area contributed by atoms with Crippen LogP contribution < -0.4 is 4.74 Å². The van der Waals surface area contributed by atoms with Gasteiger partial charge in [-0.25, -0.2) is 4.68 Å². The van der Waals surface area contributed by atoms with E-state index in [1.165, 1.54) is 0 Å². The number of aromatic amines is 1. The highest BCUT2D eigenvalue weighted by molar-refractivity contribution is 7.71. The van der Waals surface area contributed by atoms with Crippen LogP contribution in [0.2, 0.25) is 0 Å². The van der Waals surface area contributed by atoms with Crippen molar-refractivity contribution in [1.29, 1.82) is 0 Å². The van der Waals surface area contributed by atoms with E-state index in [0.29, 0.717) is 4.77 Å². The molecule has 3 rings (SSSR count). The van der Waals surface area contributed by atoms with Gasteiger partial charge in [0.05, 0.1) is 18.5 Å². The van der Waals surface area contributed by atoms with Crippen LogP contribution in [0, 0.1) is 4.77 Å². The first-order valence-electron chi connectivity index (χ1n) is 6.46. The molecular weight excluding hydrogens is 272 g/mol. The van der Waals surface area contributed by atoms with Crippen LogP contribution in [-0.2, 0) is 13.5 Å². The summed E-state index contributed by atoms with van der Waals surface area (Å²) in [6.45, 7) is 2.08. The maximum atomic E-state index is 5.46. The molecule has 104 valence electrons. The summed E-state index contributed by atoms with van der Waals surface area (Å²) < 4.78 is 9.79. The number of H-pyrrole nitrogens is 1. The van der Waals surface area contributed by atoms with Crippen molar-refractivity contribution in [3.63, 3.8) is 0 Å². The fourth-order valence-corrected chi connectivity index (χ4v) is 2.74. The van der Waals surface area contributed by atoms with Crippen LogP contribution in [0.15, 0.2) is 24.3 Å². The second kappa shape index (κ2) is 4.79. The summed E-state index contributed by atoms with van der Waals surface area (Å²) in [4.78, 5) is 3.26. The molecular formula is C14H16N4OS. The van der Waals surface area contributed by atoms with Gasteiger partial charge in [-0.2, -0.15) is 5.10 Å². The first-order valence-corrected chi connectivity index (χ1v) is 6.87. The third kappa shape index (κ3) is 1.84. The van der Waals surface area contributed by atoms with E-state index in [-0.39, 0.29) is 0 Å². The number of fused-ring (bicyclic) bond motifs is 1. The topological polar surface area (TPSA) is 47.8 Å². The normalized spacial score (nSPS) is 11.2.